The fourth-order valence-electron chi connectivity index (χ4n) is 3.95. The van der Waals surface area contributed by atoms with Crippen molar-refractivity contribution >= 4 is 27.5 Å². The summed E-state index contributed by atoms with van der Waals surface area (Å²) < 4.78 is 12.5. The van der Waals surface area contributed by atoms with Crippen molar-refractivity contribution < 1.29 is 14.3 Å². The van der Waals surface area contributed by atoms with Crippen LogP contribution in [0.25, 0.3) is 21.3 Å². The minimum absolute atomic E-state index is 0.0576. The van der Waals surface area contributed by atoms with Crippen molar-refractivity contribution in [3.05, 3.63) is 45.3 Å². The summed E-state index contributed by atoms with van der Waals surface area (Å²) in [5.41, 5.74) is 1.61. The third-order valence-corrected chi connectivity index (χ3v) is 6.48. The number of carbonyl (C=O) groups excluding carboxylic acids is 1. The van der Waals surface area contributed by atoms with Gasteiger partial charge in [0.05, 0.1) is 18.1 Å². The molecular weight excluding hydrogens is 414 g/mol. The molecule has 3 heterocycles. The number of amides is 1. The van der Waals surface area contributed by atoms with E-state index < -0.39 is 0 Å². The average Bonchev–Trinajstić information content (AvgIpc) is 3.38. The van der Waals surface area contributed by atoms with Crippen molar-refractivity contribution in [1.29, 1.82) is 0 Å². The summed E-state index contributed by atoms with van der Waals surface area (Å²) in [4.78, 5) is 32.3. The van der Waals surface area contributed by atoms with E-state index in [4.69, 9.17) is 9.47 Å². The Bertz CT molecular complexity index is 1140. The zero-order valence-electron chi connectivity index (χ0n) is 18.1. The van der Waals surface area contributed by atoms with Gasteiger partial charge in [-0.05, 0) is 51.3 Å². The number of carbonyl (C=O) groups is 1. The Balaban J connectivity index is 1.65. The van der Waals surface area contributed by atoms with Crippen molar-refractivity contribution in [3.8, 4) is 16.9 Å². The lowest BCUT2D eigenvalue weighted by molar-refractivity contribution is -0.122. The molecule has 1 aliphatic rings. The number of nitrogens with one attached hydrogen (secondary N) is 1. The van der Waals surface area contributed by atoms with Crippen LogP contribution in [0, 0.1) is 13.8 Å². The maximum Gasteiger partial charge on any atom is 0.263 e. The lowest BCUT2D eigenvalue weighted by Crippen LogP contribution is -2.37. The average molecular weight is 442 g/mol. The Kier molecular flexibility index (Phi) is 6.38. The molecule has 1 amide bonds. The van der Waals surface area contributed by atoms with Crippen LogP contribution in [0.3, 0.4) is 0 Å². The summed E-state index contributed by atoms with van der Waals surface area (Å²) in [6.07, 6.45) is 2.03. The van der Waals surface area contributed by atoms with E-state index in [1.54, 1.807) is 6.92 Å². The zero-order valence-corrected chi connectivity index (χ0v) is 18.9. The first-order valence-electron chi connectivity index (χ1n) is 10.6. The standard InChI is InChI=1S/C23H27N3O4S/c1-4-29-17-9-7-16(8-10-17)20-14(2)31-22-21(20)23(28)26(15(3)25-22)13-19(27)24-12-18-6-5-11-30-18/h7-10,18H,4-6,11-13H2,1-3H3,(H,24,27). The molecule has 8 heteroatoms. The Labute approximate surface area is 185 Å². The first kappa shape index (κ1) is 21.5. The molecule has 1 aliphatic heterocycles. The van der Waals surface area contributed by atoms with Gasteiger partial charge in [-0.2, -0.15) is 0 Å². The number of hydrogen-bond acceptors (Lipinski definition) is 6. The highest BCUT2D eigenvalue weighted by molar-refractivity contribution is 7.19. The van der Waals surface area contributed by atoms with Gasteiger partial charge in [-0.15, -0.1) is 11.3 Å². The molecule has 0 saturated carbocycles. The van der Waals surface area contributed by atoms with Crippen LogP contribution in [0.1, 0.15) is 30.5 Å². The number of aryl methyl sites for hydroxylation is 2. The molecule has 1 fully saturated rings. The van der Waals surface area contributed by atoms with Gasteiger partial charge in [-0.1, -0.05) is 12.1 Å². The molecule has 3 aromatic rings. The Morgan fingerprint density at radius 2 is 2.10 bits per heavy atom. The van der Waals surface area contributed by atoms with Gasteiger partial charge in [0.25, 0.3) is 5.56 Å². The van der Waals surface area contributed by atoms with E-state index in [2.05, 4.69) is 10.3 Å². The minimum Gasteiger partial charge on any atom is -0.494 e. The van der Waals surface area contributed by atoms with Crippen LogP contribution >= 0.6 is 11.3 Å². The van der Waals surface area contributed by atoms with Crippen LogP contribution < -0.4 is 15.6 Å². The van der Waals surface area contributed by atoms with Gasteiger partial charge in [0, 0.05) is 23.6 Å². The SMILES string of the molecule is CCOc1ccc(-c2c(C)sc3nc(C)n(CC(=O)NCC4CCCO4)c(=O)c23)cc1. The van der Waals surface area contributed by atoms with Crippen LogP contribution in [-0.4, -0.2) is 41.3 Å². The third kappa shape index (κ3) is 4.50. The van der Waals surface area contributed by atoms with Crippen molar-refractivity contribution in [2.24, 2.45) is 0 Å². The van der Waals surface area contributed by atoms with Crippen molar-refractivity contribution in [2.75, 3.05) is 19.8 Å². The third-order valence-electron chi connectivity index (χ3n) is 5.49. The van der Waals surface area contributed by atoms with Crippen LogP contribution in [0.2, 0.25) is 0 Å². The van der Waals surface area contributed by atoms with E-state index in [1.165, 1.54) is 15.9 Å². The van der Waals surface area contributed by atoms with Crippen LogP contribution in [-0.2, 0) is 16.1 Å². The number of ether oxygens (including phenoxy) is 2. The van der Waals surface area contributed by atoms with Gasteiger partial charge in [-0.25, -0.2) is 4.98 Å². The molecule has 2 aromatic heterocycles. The Morgan fingerprint density at radius 3 is 2.77 bits per heavy atom. The van der Waals surface area contributed by atoms with Crippen molar-refractivity contribution in [1.82, 2.24) is 14.9 Å². The van der Waals surface area contributed by atoms with E-state index in [0.717, 1.165) is 41.2 Å². The largest absolute Gasteiger partial charge is 0.494 e. The number of aromatic nitrogens is 2. The Hall–Kier alpha value is -2.71. The number of nitrogens with zero attached hydrogens (tertiary/aromatic N) is 2. The molecule has 31 heavy (non-hydrogen) atoms. The molecule has 1 saturated heterocycles. The first-order valence-corrected chi connectivity index (χ1v) is 11.4. The second kappa shape index (κ2) is 9.20. The van der Waals surface area contributed by atoms with Gasteiger partial charge in [0.15, 0.2) is 0 Å². The molecule has 1 atom stereocenters. The number of benzene rings is 1. The van der Waals surface area contributed by atoms with Crippen LogP contribution in [0.15, 0.2) is 29.1 Å². The summed E-state index contributed by atoms with van der Waals surface area (Å²) in [5, 5.41) is 3.44. The number of thiophene rings is 1. The van der Waals surface area contributed by atoms with E-state index in [9.17, 15) is 9.59 Å². The maximum atomic E-state index is 13.4. The van der Waals surface area contributed by atoms with Gasteiger partial charge < -0.3 is 14.8 Å². The molecule has 1 unspecified atom stereocenters. The number of fused-ring (bicyclic) bond motifs is 1. The van der Waals surface area contributed by atoms with E-state index in [0.29, 0.717) is 29.2 Å². The van der Waals surface area contributed by atoms with Gasteiger partial charge >= 0.3 is 0 Å². The molecule has 0 spiro atoms. The highest BCUT2D eigenvalue weighted by Gasteiger charge is 2.21. The topological polar surface area (TPSA) is 82.5 Å². The fourth-order valence-corrected chi connectivity index (χ4v) is 5.03. The van der Waals surface area contributed by atoms with Crippen molar-refractivity contribution in [3.63, 3.8) is 0 Å². The lowest BCUT2D eigenvalue weighted by atomic mass is 10.0. The van der Waals surface area contributed by atoms with Gasteiger partial charge in [0.1, 0.15) is 22.9 Å². The monoisotopic (exact) mass is 441 g/mol. The predicted octanol–water partition coefficient (Wildman–Crippen LogP) is 3.44. The smallest absolute Gasteiger partial charge is 0.263 e. The molecule has 164 valence electrons. The maximum absolute atomic E-state index is 13.4. The van der Waals surface area contributed by atoms with Crippen LogP contribution in [0.4, 0.5) is 0 Å². The second-order valence-electron chi connectivity index (χ2n) is 7.66. The fraction of sp³-hybridized carbons (Fsp3) is 0.435. The molecule has 0 aliphatic carbocycles. The minimum atomic E-state index is -0.212. The molecule has 4 rings (SSSR count). The summed E-state index contributed by atoms with van der Waals surface area (Å²) >= 11 is 1.50. The van der Waals surface area contributed by atoms with E-state index in [1.807, 2.05) is 38.1 Å². The summed E-state index contributed by atoms with van der Waals surface area (Å²) in [5.74, 6) is 1.11. The molecule has 1 aromatic carbocycles. The first-order chi connectivity index (χ1) is 15.0. The highest BCUT2D eigenvalue weighted by atomic mass is 32.1. The summed E-state index contributed by atoms with van der Waals surface area (Å²) in [6.45, 7) is 7.45. The molecular formula is C23H27N3O4S. The molecule has 7 nitrogen and oxygen atoms in total. The summed E-state index contributed by atoms with van der Waals surface area (Å²) in [6, 6.07) is 7.72. The van der Waals surface area contributed by atoms with Crippen molar-refractivity contribution in [2.45, 2.75) is 46.3 Å². The number of hydrogen-bond donors (Lipinski definition) is 1. The highest BCUT2D eigenvalue weighted by Crippen LogP contribution is 2.36. The van der Waals surface area contributed by atoms with Gasteiger partial charge in [0.2, 0.25) is 5.91 Å². The predicted molar refractivity (Wildman–Crippen MR) is 122 cm³/mol. The Morgan fingerprint density at radius 1 is 1.32 bits per heavy atom. The molecule has 1 N–H and O–H groups in total. The lowest BCUT2D eigenvalue weighted by Gasteiger charge is -2.13. The second-order valence-corrected chi connectivity index (χ2v) is 8.86. The molecule has 0 bridgehead atoms. The normalized spacial score (nSPS) is 16.0. The van der Waals surface area contributed by atoms with E-state index in [-0.39, 0.29) is 24.1 Å². The number of rotatable bonds is 7. The van der Waals surface area contributed by atoms with Crippen LogP contribution in [0.5, 0.6) is 5.75 Å². The van der Waals surface area contributed by atoms with E-state index >= 15 is 0 Å². The zero-order chi connectivity index (χ0) is 22.0. The summed E-state index contributed by atoms with van der Waals surface area (Å²) in [7, 11) is 0. The quantitative estimate of drug-likeness (QED) is 0.607. The van der Waals surface area contributed by atoms with Gasteiger partial charge in [-0.3, -0.25) is 14.2 Å². The molecule has 0 radical (unpaired) electrons.